The van der Waals surface area contributed by atoms with E-state index in [1.165, 1.54) is 19.3 Å². The molecule has 1 unspecified atom stereocenters. The van der Waals surface area contributed by atoms with Crippen molar-refractivity contribution in [3.8, 4) is 11.3 Å². The van der Waals surface area contributed by atoms with E-state index in [9.17, 15) is 0 Å². The van der Waals surface area contributed by atoms with Crippen LogP contribution >= 0.6 is 0 Å². The molecule has 1 aliphatic heterocycles. The van der Waals surface area contributed by atoms with E-state index in [0.29, 0.717) is 6.04 Å². The number of nitrogens with zero attached hydrogens (tertiary/aromatic N) is 4. The lowest BCUT2D eigenvalue weighted by atomic mass is 10.1. The molecular weight excluding hydrogens is 334 g/mol. The summed E-state index contributed by atoms with van der Waals surface area (Å²) in [7, 11) is 2.01. The van der Waals surface area contributed by atoms with Gasteiger partial charge in [-0.05, 0) is 50.4 Å². The van der Waals surface area contributed by atoms with Crippen molar-refractivity contribution < 1.29 is 0 Å². The molecule has 3 heterocycles. The number of fused-ring (bicyclic) bond motifs is 1. The molecule has 5 heteroatoms. The first-order valence-corrected chi connectivity index (χ1v) is 9.68. The molecule has 0 bridgehead atoms. The second-order valence-electron chi connectivity index (χ2n) is 7.44. The highest BCUT2D eigenvalue weighted by Crippen LogP contribution is 2.26. The highest BCUT2D eigenvalue weighted by atomic mass is 15.2. The molecule has 0 radical (unpaired) electrons. The first-order chi connectivity index (χ1) is 13.1. The second kappa shape index (κ2) is 7.53. The van der Waals surface area contributed by atoms with Crippen LogP contribution in [0.1, 0.15) is 26.2 Å². The largest absolute Gasteiger partial charge is 0.343 e. The Morgan fingerprint density at radius 3 is 2.67 bits per heavy atom. The van der Waals surface area contributed by atoms with Gasteiger partial charge in [-0.2, -0.15) is 0 Å². The number of pyridine rings is 1. The monoisotopic (exact) mass is 361 g/mol. The van der Waals surface area contributed by atoms with Crippen LogP contribution in [0.4, 0.5) is 5.82 Å². The Labute approximate surface area is 160 Å². The maximum absolute atomic E-state index is 4.58. The van der Waals surface area contributed by atoms with Gasteiger partial charge in [-0.1, -0.05) is 25.1 Å². The predicted octanol–water partition coefficient (Wildman–Crippen LogP) is 4.44. The van der Waals surface area contributed by atoms with E-state index in [0.717, 1.165) is 46.6 Å². The van der Waals surface area contributed by atoms with Crippen molar-refractivity contribution in [3.63, 3.8) is 0 Å². The summed E-state index contributed by atoms with van der Waals surface area (Å²) in [5, 5.41) is 5.72. The Balaban J connectivity index is 1.55. The predicted molar refractivity (Wildman–Crippen MR) is 112 cm³/mol. The van der Waals surface area contributed by atoms with Crippen LogP contribution in [0.3, 0.4) is 0 Å². The summed E-state index contributed by atoms with van der Waals surface area (Å²) in [6.07, 6.45) is 9.54. The van der Waals surface area contributed by atoms with E-state index in [2.05, 4.69) is 58.0 Å². The SMILES string of the molecule is C=C(Nc1cc2cc(-c3cncn3C)ccc2cn1)C(C)N1CCCCC1. The third kappa shape index (κ3) is 3.74. The molecule has 1 aliphatic rings. The van der Waals surface area contributed by atoms with Crippen LogP contribution < -0.4 is 5.32 Å². The number of aromatic nitrogens is 3. The van der Waals surface area contributed by atoms with E-state index < -0.39 is 0 Å². The third-order valence-electron chi connectivity index (χ3n) is 5.57. The molecule has 27 heavy (non-hydrogen) atoms. The van der Waals surface area contributed by atoms with Crippen molar-refractivity contribution in [2.45, 2.75) is 32.2 Å². The fourth-order valence-electron chi connectivity index (χ4n) is 3.80. The molecule has 4 rings (SSSR count). The molecule has 1 aromatic carbocycles. The van der Waals surface area contributed by atoms with Gasteiger partial charge in [-0.15, -0.1) is 0 Å². The summed E-state index contributed by atoms with van der Waals surface area (Å²) < 4.78 is 2.03. The summed E-state index contributed by atoms with van der Waals surface area (Å²) in [6.45, 7) is 8.80. The molecule has 140 valence electrons. The number of likely N-dealkylation sites (tertiary alicyclic amines) is 1. The summed E-state index contributed by atoms with van der Waals surface area (Å²) in [5.74, 6) is 0.846. The molecule has 0 amide bonds. The number of rotatable bonds is 5. The Morgan fingerprint density at radius 2 is 1.93 bits per heavy atom. The standard InChI is InChI=1S/C22H27N5/c1-16(17(2)27-9-5-4-6-10-27)25-22-12-20-11-18(7-8-19(20)13-24-22)21-14-23-15-26(21)3/h7-8,11-15,17H,1,4-6,9-10H2,2-3H3,(H,24,25). The van der Waals surface area contributed by atoms with Crippen molar-refractivity contribution in [1.29, 1.82) is 0 Å². The molecule has 0 aliphatic carbocycles. The van der Waals surface area contributed by atoms with Crippen LogP contribution in [-0.4, -0.2) is 38.6 Å². The Hall–Kier alpha value is -2.66. The Morgan fingerprint density at radius 1 is 1.11 bits per heavy atom. The molecular formula is C22H27N5. The van der Waals surface area contributed by atoms with E-state index in [4.69, 9.17) is 0 Å². The second-order valence-corrected chi connectivity index (χ2v) is 7.44. The van der Waals surface area contributed by atoms with Gasteiger partial charge < -0.3 is 9.88 Å². The van der Waals surface area contributed by atoms with Crippen molar-refractivity contribution in [1.82, 2.24) is 19.4 Å². The normalized spacial score (nSPS) is 16.4. The summed E-state index contributed by atoms with van der Waals surface area (Å²) in [5.41, 5.74) is 3.26. The van der Waals surface area contributed by atoms with Gasteiger partial charge in [0.15, 0.2) is 0 Å². The number of hydrogen-bond donors (Lipinski definition) is 1. The molecule has 1 saturated heterocycles. The van der Waals surface area contributed by atoms with Gasteiger partial charge in [-0.25, -0.2) is 9.97 Å². The lowest BCUT2D eigenvalue weighted by Gasteiger charge is -2.33. The fraction of sp³-hybridized carbons (Fsp3) is 0.364. The molecule has 3 aromatic rings. The van der Waals surface area contributed by atoms with E-state index in [1.807, 2.05) is 30.3 Å². The van der Waals surface area contributed by atoms with Gasteiger partial charge in [0.05, 0.1) is 18.2 Å². The minimum Gasteiger partial charge on any atom is -0.343 e. The number of nitrogens with one attached hydrogen (secondary N) is 1. The zero-order chi connectivity index (χ0) is 18.8. The van der Waals surface area contributed by atoms with Gasteiger partial charge >= 0.3 is 0 Å². The van der Waals surface area contributed by atoms with E-state index >= 15 is 0 Å². The highest BCUT2D eigenvalue weighted by Gasteiger charge is 2.19. The highest BCUT2D eigenvalue weighted by molar-refractivity contribution is 5.88. The van der Waals surface area contributed by atoms with Crippen LogP contribution in [0.15, 0.2) is 55.3 Å². The van der Waals surface area contributed by atoms with Gasteiger partial charge in [0, 0.05) is 35.9 Å². The molecule has 5 nitrogen and oxygen atoms in total. The maximum Gasteiger partial charge on any atom is 0.130 e. The van der Waals surface area contributed by atoms with Crippen LogP contribution in [0.5, 0.6) is 0 Å². The zero-order valence-electron chi connectivity index (χ0n) is 16.2. The van der Waals surface area contributed by atoms with Crippen molar-refractivity contribution >= 4 is 16.6 Å². The molecule has 1 atom stereocenters. The maximum atomic E-state index is 4.58. The Kier molecular flexibility index (Phi) is 4.94. The van der Waals surface area contributed by atoms with Crippen molar-refractivity contribution in [2.75, 3.05) is 18.4 Å². The number of aryl methyl sites for hydroxylation is 1. The summed E-state index contributed by atoms with van der Waals surface area (Å²) in [6, 6.07) is 8.83. The lowest BCUT2D eigenvalue weighted by molar-refractivity contribution is 0.195. The first-order valence-electron chi connectivity index (χ1n) is 9.68. The quantitative estimate of drug-likeness (QED) is 0.730. The minimum absolute atomic E-state index is 0.309. The Bertz CT molecular complexity index is 952. The summed E-state index contributed by atoms with van der Waals surface area (Å²) in [4.78, 5) is 11.3. The van der Waals surface area contributed by atoms with Gasteiger partial charge in [-0.3, -0.25) is 4.90 Å². The molecule has 1 N–H and O–H groups in total. The van der Waals surface area contributed by atoms with Crippen molar-refractivity contribution in [2.24, 2.45) is 7.05 Å². The number of anilines is 1. The molecule has 1 fully saturated rings. The van der Waals surface area contributed by atoms with Crippen LogP contribution in [0, 0.1) is 0 Å². The lowest BCUT2D eigenvalue weighted by Crippen LogP contribution is -2.39. The van der Waals surface area contributed by atoms with Crippen molar-refractivity contribution in [3.05, 3.63) is 55.3 Å². The number of hydrogen-bond acceptors (Lipinski definition) is 4. The number of benzene rings is 1. The smallest absolute Gasteiger partial charge is 0.130 e. The van der Waals surface area contributed by atoms with Crippen LogP contribution in [0.25, 0.3) is 22.0 Å². The summed E-state index contributed by atoms with van der Waals surface area (Å²) >= 11 is 0. The fourth-order valence-corrected chi connectivity index (χ4v) is 3.80. The zero-order valence-corrected chi connectivity index (χ0v) is 16.2. The molecule has 0 spiro atoms. The van der Waals surface area contributed by atoms with Gasteiger partial charge in [0.25, 0.3) is 0 Å². The average Bonchev–Trinajstić information content (AvgIpc) is 3.13. The van der Waals surface area contributed by atoms with Crippen LogP contribution in [-0.2, 0) is 7.05 Å². The van der Waals surface area contributed by atoms with E-state index in [1.54, 1.807) is 0 Å². The molecule has 0 saturated carbocycles. The first kappa shape index (κ1) is 17.7. The van der Waals surface area contributed by atoms with E-state index in [-0.39, 0.29) is 0 Å². The average molecular weight is 361 g/mol. The van der Waals surface area contributed by atoms with Crippen LogP contribution in [0.2, 0.25) is 0 Å². The minimum atomic E-state index is 0.309. The number of imidazole rings is 1. The third-order valence-corrected chi connectivity index (χ3v) is 5.57. The topological polar surface area (TPSA) is 46.0 Å². The molecule has 2 aromatic heterocycles. The van der Waals surface area contributed by atoms with Gasteiger partial charge in [0.1, 0.15) is 5.82 Å². The number of piperidine rings is 1. The van der Waals surface area contributed by atoms with Gasteiger partial charge in [0.2, 0.25) is 0 Å².